The lowest BCUT2D eigenvalue weighted by Gasteiger charge is -2.30. The summed E-state index contributed by atoms with van der Waals surface area (Å²) in [4.78, 5) is 24.5. The second kappa shape index (κ2) is 10.7. The van der Waals surface area contributed by atoms with E-state index in [4.69, 9.17) is 9.72 Å². The van der Waals surface area contributed by atoms with Crippen molar-refractivity contribution in [2.24, 2.45) is 0 Å². The molecule has 0 radical (unpaired) electrons. The Bertz CT molecular complexity index is 1790. The van der Waals surface area contributed by atoms with E-state index < -0.39 is 10.0 Å². The largest absolute Gasteiger partial charge is 0.494 e. The van der Waals surface area contributed by atoms with Crippen molar-refractivity contribution in [2.75, 3.05) is 22.9 Å². The van der Waals surface area contributed by atoms with Gasteiger partial charge in [0, 0.05) is 24.5 Å². The zero-order valence-electron chi connectivity index (χ0n) is 21.7. The molecule has 0 N–H and O–H groups in total. The smallest absolute Gasteiger partial charge is 0.264 e. The molecule has 0 unspecified atom stereocenters. The lowest BCUT2D eigenvalue weighted by molar-refractivity contribution is 0.0985. The van der Waals surface area contributed by atoms with Gasteiger partial charge >= 0.3 is 0 Å². The van der Waals surface area contributed by atoms with Gasteiger partial charge in [-0.25, -0.2) is 13.4 Å². The molecule has 0 spiro atoms. The predicted octanol–water partition coefficient (Wildman–Crippen LogP) is 5.69. The number of thiazole rings is 1. The van der Waals surface area contributed by atoms with Crippen molar-refractivity contribution < 1.29 is 17.9 Å². The lowest BCUT2D eigenvalue weighted by atomic mass is 10.0. The first-order chi connectivity index (χ1) is 19.5. The van der Waals surface area contributed by atoms with Gasteiger partial charge in [0.05, 0.1) is 28.9 Å². The molecular weight excluding hydrogens is 544 g/mol. The van der Waals surface area contributed by atoms with E-state index in [-0.39, 0.29) is 17.3 Å². The maximum absolute atomic E-state index is 13.9. The SMILES string of the molecule is COc1cccc2sc(N(Cc3cccnc3)C(=O)c3ccc(S(=O)(=O)N4CCCc5ccccc54)cc3)nc12. The first-order valence-electron chi connectivity index (χ1n) is 12.8. The molecule has 5 aromatic rings. The molecule has 3 aromatic carbocycles. The van der Waals surface area contributed by atoms with E-state index in [0.29, 0.717) is 34.2 Å². The Morgan fingerprint density at radius 1 is 1.02 bits per heavy atom. The molecule has 1 amide bonds. The van der Waals surface area contributed by atoms with Crippen LogP contribution >= 0.6 is 11.3 Å². The summed E-state index contributed by atoms with van der Waals surface area (Å²) in [5, 5.41) is 0.509. The molecule has 10 heteroatoms. The first-order valence-corrected chi connectivity index (χ1v) is 15.1. The normalized spacial score (nSPS) is 13.2. The van der Waals surface area contributed by atoms with Crippen LogP contribution in [0.4, 0.5) is 10.8 Å². The minimum Gasteiger partial charge on any atom is -0.494 e. The van der Waals surface area contributed by atoms with Gasteiger partial charge in [0.2, 0.25) is 0 Å². The highest BCUT2D eigenvalue weighted by molar-refractivity contribution is 7.92. The molecule has 1 aliphatic heterocycles. The van der Waals surface area contributed by atoms with Crippen LogP contribution in [0.2, 0.25) is 0 Å². The average Bonchev–Trinajstić information content (AvgIpc) is 3.44. The van der Waals surface area contributed by atoms with Gasteiger partial charge in [-0.3, -0.25) is 19.0 Å². The highest BCUT2D eigenvalue weighted by atomic mass is 32.2. The van der Waals surface area contributed by atoms with Crippen LogP contribution in [0, 0.1) is 0 Å². The van der Waals surface area contributed by atoms with Crippen molar-refractivity contribution in [3.8, 4) is 5.75 Å². The molecule has 40 heavy (non-hydrogen) atoms. The second-order valence-electron chi connectivity index (χ2n) is 9.39. The summed E-state index contributed by atoms with van der Waals surface area (Å²) in [6.45, 7) is 0.666. The summed E-state index contributed by atoms with van der Waals surface area (Å²) in [7, 11) is -2.20. The van der Waals surface area contributed by atoms with Gasteiger partial charge in [-0.15, -0.1) is 0 Å². The first kappa shape index (κ1) is 26.0. The number of hydrogen-bond acceptors (Lipinski definition) is 7. The predicted molar refractivity (Wildman–Crippen MR) is 157 cm³/mol. The van der Waals surface area contributed by atoms with Gasteiger partial charge < -0.3 is 4.74 Å². The minimum absolute atomic E-state index is 0.143. The van der Waals surface area contributed by atoms with Crippen LogP contribution in [0.15, 0.2) is 96.2 Å². The van der Waals surface area contributed by atoms with Crippen LogP contribution in [0.3, 0.4) is 0 Å². The van der Waals surface area contributed by atoms with Gasteiger partial charge in [0.25, 0.3) is 15.9 Å². The molecule has 0 aliphatic carbocycles. The molecule has 0 bridgehead atoms. The molecule has 0 fully saturated rings. The summed E-state index contributed by atoms with van der Waals surface area (Å²) in [6.07, 6.45) is 4.99. The lowest BCUT2D eigenvalue weighted by Crippen LogP contribution is -2.35. The van der Waals surface area contributed by atoms with Crippen LogP contribution in [-0.2, 0) is 23.0 Å². The third kappa shape index (κ3) is 4.80. The molecule has 3 heterocycles. The molecule has 6 rings (SSSR count). The number of fused-ring (bicyclic) bond motifs is 2. The molecule has 0 saturated carbocycles. The molecule has 0 saturated heterocycles. The van der Waals surface area contributed by atoms with Crippen molar-refractivity contribution in [2.45, 2.75) is 24.3 Å². The van der Waals surface area contributed by atoms with Gasteiger partial charge in [0.15, 0.2) is 5.13 Å². The Morgan fingerprint density at radius 2 is 1.85 bits per heavy atom. The Hall–Kier alpha value is -4.28. The average molecular weight is 571 g/mol. The number of sulfonamides is 1. The van der Waals surface area contributed by atoms with E-state index in [1.807, 2.05) is 54.6 Å². The number of carbonyl (C=O) groups excluding carboxylic acids is 1. The van der Waals surface area contributed by atoms with Crippen molar-refractivity contribution in [1.82, 2.24) is 9.97 Å². The van der Waals surface area contributed by atoms with Crippen LogP contribution in [0.5, 0.6) is 5.75 Å². The number of pyridine rings is 1. The summed E-state index contributed by atoms with van der Waals surface area (Å²) >= 11 is 1.39. The topological polar surface area (TPSA) is 92.7 Å². The number of anilines is 2. The van der Waals surface area contributed by atoms with Crippen molar-refractivity contribution >= 4 is 48.3 Å². The van der Waals surface area contributed by atoms with Crippen LogP contribution in [0.1, 0.15) is 27.9 Å². The van der Waals surface area contributed by atoms with E-state index in [9.17, 15) is 13.2 Å². The van der Waals surface area contributed by atoms with E-state index in [2.05, 4.69) is 4.98 Å². The van der Waals surface area contributed by atoms with Crippen molar-refractivity contribution in [1.29, 1.82) is 0 Å². The van der Waals surface area contributed by atoms with E-state index in [1.165, 1.54) is 27.8 Å². The molecule has 0 atom stereocenters. The van der Waals surface area contributed by atoms with Gasteiger partial charge in [-0.2, -0.15) is 0 Å². The number of methoxy groups -OCH3 is 1. The van der Waals surface area contributed by atoms with E-state index >= 15 is 0 Å². The maximum Gasteiger partial charge on any atom is 0.264 e. The monoisotopic (exact) mass is 570 g/mol. The van der Waals surface area contributed by atoms with E-state index in [1.54, 1.807) is 36.5 Å². The Balaban J connectivity index is 1.34. The number of carbonyl (C=O) groups is 1. The number of nitrogens with zero attached hydrogens (tertiary/aromatic N) is 4. The van der Waals surface area contributed by atoms with Gasteiger partial charge in [-0.05, 0) is 72.5 Å². The standard InChI is InChI=1S/C30H26N4O4S2/c1-38-26-11-4-12-27-28(26)32-30(39-27)33(20-21-7-5-17-31-19-21)29(35)23-13-15-24(16-14-23)40(36,37)34-18-6-9-22-8-2-3-10-25(22)34/h2-5,7-8,10-17,19H,6,9,18,20H2,1H3. The number of benzene rings is 3. The Kier molecular flexibility index (Phi) is 6.95. The summed E-state index contributed by atoms with van der Waals surface area (Å²) in [5.41, 5.74) is 3.60. The fraction of sp³-hybridized carbons (Fsp3) is 0.167. The quantitative estimate of drug-likeness (QED) is 0.250. The van der Waals surface area contributed by atoms with Crippen LogP contribution in [0.25, 0.3) is 10.2 Å². The summed E-state index contributed by atoms with van der Waals surface area (Å²) in [5.74, 6) is 0.330. The third-order valence-electron chi connectivity index (χ3n) is 6.89. The van der Waals surface area contributed by atoms with Crippen LogP contribution < -0.4 is 13.9 Å². The Morgan fingerprint density at radius 3 is 2.62 bits per heavy atom. The van der Waals surface area contributed by atoms with Crippen LogP contribution in [-0.4, -0.2) is 37.9 Å². The molecule has 2 aromatic heterocycles. The zero-order valence-corrected chi connectivity index (χ0v) is 23.4. The number of ether oxygens (including phenoxy) is 1. The Labute approximate surface area is 236 Å². The number of rotatable bonds is 7. The maximum atomic E-state index is 13.9. The fourth-order valence-corrected chi connectivity index (χ4v) is 7.42. The summed E-state index contributed by atoms with van der Waals surface area (Å²) < 4.78 is 35.0. The van der Waals surface area contributed by atoms with Gasteiger partial charge in [-0.1, -0.05) is 41.7 Å². The zero-order chi connectivity index (χ0) is 27.7. The molecule has 202 valence electrons. The number of amides is 1. The highest BCUT2D eigenvalue weighted by Crippen LogP contribution is 2.36. The number of hydrogen-bond donors (Lipinski definition) is 0. The fourth-order valence-electron chi connectivity index (χ4n) is 4.89. The van der Waals surface area contributed by atoms with Crippen molar-refractivity contribution in [3.63, 3.8) is 0 Å². The third-order valence-corrected chi connectivity index (χ3v) is 9.76. The molecule has 8 nitrogen and oxygen atoms in total. The minimum atomic E-state index is -3.79. The van der Waals surface area contributed by atoms with Gasteiger partial charge in [0.1, 0.15) is 11.3 Å². The highest BCUT2D eigenvalue weighted by Gasteiger charge is 2.29. The number of aryl methyl sites for hydroxylation is 1. The number of para-hydroxylation sites is 2. The summed E-state index contributed by atoms with van der Waals surface area (Å²) in [6, 6.07) is 23.1. The number of aromatic nitrogens is 2. The second-order valence-corrected chi connectivity index (χ2v) is 12.3. The van der Waals surface area contributed by atoms with E-state index in [0.717, 1.165) is 28.7 Å². The molecule has 1 aliphatic rings. The molecular formula is C30H26N4O4S2. The van der Waals surface area contributed by atoms with Crippen molar-refractivity contribution in [3.05, 3.63) is 108 Å².